The van der Waals surface area contributed by atoms with Gasteiger partial charge in [0.05, 0.1) is 0 Å². The van der Waals surface area contributed by atoms with Crippen molar-refractivity contribution in [1.82, 2.24) is 19.7 Å². The van der Waals surface area contributed by atoms with Crippen molar-refractivity contribution in [2.45, 2.75) is 5.92 Å². The van der Waals surface area contributed by atoms with Crippen molar-refractivity contribution in [3.8, 4) is 5.82 Å². The Morgan fingerprint density at radius 2 is 1.82 bits per heavy atom. The Kier molecular flexibility index (Phi) is 7.57. The Hall–Kier alpha value is -2.41. The molecule has 0 unspecified atom stereocenters. The minimum absolute atomic E-state index is 0. The summed E-state index contributed by atoms with van der Waals surface area (Å²) in [6, 6.07) is 17.5. The van der Waals surface area contributed by atoms with Crippen molar-refractivity contribution >= 4 is 30.7 Å². The molecule has 6 nitrogen and oxygen atoms in total. The number of hydrogen-bond donors (Lipinski definition) is 1. The summed E-state index contributed by atoms with van der Waals surface area (Å²) < 4.78 is 1.65. The van der Waals surface area contributed by atoms with Crippen molar-refractivity contribution in [2.24, 2.45) is 11.7 Å². The van der Waals surface area contributed by atoms with E-state index in [9.17, 15) is 4.79 Å². The number of nitrogens with two attached hydrogens (primary N) is 1. The van der Waals surface area contributed by atoms with Crippen LogP contribution >= 0.6 is 24.8 Å². The Labute approximate surface area is 176 Å². The van der Waals surface area contributed by atoms with E-state index >= 15 is 0 Å². The number of likely N-dealkylation sites (tertiary alicyclic amines) is 1. The van der Waals surface area contributed by atoms with Crippen LogP contribution in [0.4, 0.5) is 0 Å². The summed E-state index contributed by atoms with van der Waals surface area (Å²) in [6.45, 7) is 1.88. The van der Waals surface area contributed by atoms with Crippen LogP contribution in [0.15, 0.2) is 67.0 Å². The molecule has 2 aromatic heterocycles. The maximum absolute atomic E-state index is 13.0. The monoisotopic (exact) mass is 419 g/mol. The smallest absolute Gasteiger partial charge is 0.272 e. The molecular weight excluding hydrogens is 397 g/mol. The van der Waals surface area contributed by atoms with Crippen molar-refractivity contribution in [3.05, 3.63) is 78.2 Å². The fourth-order valence-electron chi connectivity index (χ4n) is 3.59. The molecule has 1 fully saturated rings. The number of pyridine rings is 1. The number of benzene rings is 1. The lowest BCUT2D eigenvalue weighted by Crippen LogP contribution is -2.30. The normalized spacial score (nSPS) is 18.2. The molecule has 0 saturated carbocycles. The zero-order valence-corrected chi connectivity index (χ0v) is 16.9. The summed E-state index contributed by atoms with van der Waals surface area (Å²) >= 11 is 0. The van der Waals surface area contributed by atoms with Crippen LogP contribution in [-0.2, 0) is 0 Å². The maximum Gasteiger partial charge on any atom is 0.272 e. The molecule has 1 aliphatic rings. The molecule has 4 rings (SSSR count). The second kappa shape index (κ2) is 9.68. The first-order chi connectivity index (χ1) is 12.8. The van der Waals surface area contributed by atoms with Gasteiger partial charge in [-0.15, -0.1) is 24.8 Å². The summed E-state index contributed by atoms with van der Waals surface area (Å²) in [7, 11) is 0. The second-order valence-electron chi connectivity index (χ2n) is 6.55. The quantitative estimate of drug-likeness (QED) is 0.704. The minimum atomic E-state index is -0.0594. The molecule has 1 aliphatic heterocycles. The van der Waals surface area contributed by atoms with Crippen LogP contribution in [0.2, 0.25) is 0 Å². The molecule has 1 aromatic carbocycles. The van der Waals surface area contributed by atoms with Crippen LogP contribution in [0.3, 0.4) is 0 Å². The van der Waals surface area contributed by atoms with Gasteiger partial charge in [0.1, 0.15) is 5.69 Å². The van der Waals surface area contributed by atoms with E-state index in [0.717, 1.165) is 0 Å². The van der Waals surface area contributed by atoms with Crippen LogP contribution in [0.5, 0.6) is 0 Å². The highest BCUT2D eigenvalue weighted by Crippen LogP contribution is 2.32. The van der Waals surface area contributed by atoms with E-state index in [-0.39, 0.29) is 42.6 Å². The van der Waals surface area contributed by atoms with E-state index < -0.39 is 0 Å². The van der Waals surface area contributed by atoms with Crippen LogP contribution in [0.1, 0.15) is 22.0 Å². The van der Waals surface area contributed by atoms with Gasteiger partial charge in [-0.3, -0.25) is 4.79 Å². The Morgan fingerprint density at radius 3 is 2.50 bits per heavy atom. The van der Waals surface area contributed by atoms with Gasteiger partial charge in [-0.25, -0.2) is 9.67 Å². The lowest BCUT2D eigenvalue weighted by molar-refractivity contribution is 0.0780. The highest BCUT2D eigenvalue weighted by atomic mass is 35.5. The lowest BCUT2D eigenvalue weighted by Gasteiger charge is -2.16. The summed E-state index contributed by atoms with van der Waals surface area (Å²) in [5, 5.41) is 4.17. The number of hydrogen-bond acceptors (Lipinski definition) is 4. The first-order valence-corrected chi connectivity index (χ1v) is 8.77. The van der Waals surface area contributed by atoms with Crippen LogP contribution in [0, 0.1) is 5.92 Å². The summed E-state index contributed by atoms with van der Waals surface area (Å²) in [6.07, 6.45) is 3.50. The number of nitrogens with zero attached hydrogens (tertiary/aromatic N) is 4. The van der Waals surface area contributed by atoms with Crippen molar-refractivity contribution < 1.29 is 4.79 Å². The molecule has 1 amide bonds. The van der Waals surface area contributed by atoms with Crippen molar-refractivity contribution in [3.63, 3.8) is 0 Å². The van der Waals surface area contributed by atoms with Crippen molar-refractivity contribution in [2.75, 3.05) is 19.6 Å². The van der Waals surface area contributed by atoms with Gasteiger partial charge in [-0.2, -0.15) is 5.10 Å². The molecule has 8 heteroatoms. The summed E-state index contributed by atoms with van der Waals surface area (Å²) in [4.78, 5) is 19.4. The maximum atomic E-state index is 13.0. The first-order valence-electron chi connectivity index (χ1n) is 8.77. The SMILES string of the molecule is Cl.Cl.NC[C@@H]1CN(C(=O)c2cccc(-n3cccn3)n2)C[C@H]1c1ccccc1. The fraction of sp³-hybridized carbons (Fsp3) is 0.250. The molecule has 0 aliphatic carbocycles. The Bertz CT molecular complexity index is 889. The molecule has 2 N–H and O–H groups in total. The van der Waals surface area contributed by atoms with E-state index in [1.807, 2.05) is 47.5 Å². The van der Waals surface area contributed by atoms with E-state index in [2.05, 4.69) is 22.2 Å². The molecule has 148 valence electrons. The molecule has 3 heterocycles. The molecular formula is C20H23Cl2N5O. The predicted molar refractivity (Wildman–Crippen MR) is 113 cm³/mol. The standard InChI is InChI=1S/C20H21N5O.2ClH/c21-12-16-13-24(14-17(16)15-6-2-1-3-7-15)20(26)18-8-4-9-19(23-18)25-11-5-10-22-25;;/h1-11,16-17H,12-14,21H2;2*1H/t16-,17+;;/m1../s1. The number of carbonyl (C=O) groups excluding carboxylic acids is 1. The molecule has 28 heavy (non-hydrogen) atoms. The molecule has 0 bridgehead atoms. The highest BCUT2D eigenvalue weighted by molar-refractivity contribution is 5.92. The molecule has 1 saturated heterocycles. The third-order valence-electron chi connectivity index (χ3n) is 4.95. The van der Waals surface area contributed by atoms with Gasteiger partial charge < -0.3 is 10.6 Å². The lowest BCUT2D eigenvalue weighted by atomic mass is 9.89. The zero-order valence-electron chi connectivity index (χ0n) is 15.2. The van der Waals surface area contributed by atoms with Crippen LogP contribution < -0.4 is 5.73 Å². The molecule has 0 radical (unpaired) electrons. The first kappa shape index (κ1) is 21.9. The van der Waals surface area contributed by atoms with Gasteiger partial charge in [0.15, 0.2) is 5.82 Å². The third kappa shape index (κ3) is 4.35. The number of carbonyl (C=O) groups is 1. The predicted octanol–water partition coefficient (Wildman–Crippen LogP) is 2.93. The van der Waals surface area contributed by atoms with E-state index in [1.54, 1.807) is 16.9 Å². The summed E-state index contributed by atoms with van der Waals surface area (Å²) in [5.41, 5.74) is 7.65. The topological polar surface area (TPSA) is 77.0 Å². The van der Waals surface area contributed by atoms with Crippen molar-refractivity contribution in [1.29, 1.82) is 0 Å². The van der Waals surface area contributed by atoms with Gasteiger partial charge in [0.2, 0.25) is 0 Å². The second-order valence-corrected chi connectivity index (χ2v) is 6.55. The van der Waals surface area contributed by atoms with E-state index in [0.29, 0.717) is 31.1 Å². The van der Waals surface area contributed by atoms with Gasteiger partial charge in [0.25, 0.3) is 5.91 Å². The average Bonchev–Trinajstić information content (AvgIpc) is 3.38. The number of halogens is 2. The van der Waals surface area contributed by atoms with Gasteiger partial charge in [-0.05, 0) is 36.2 Å². The van der Waals surface area contributed by atoms with Gasteiger partial charge >= 0.3 is 0 Å². The van der Waals surface area contributed by atoms with E-state index in [4.69, 9.17) is 5.73 Å². The number of rotatable bonds is 4. The largest absolute Gasteiger partial charge is 0.336 e. The fourth-order valence-corrected chi connectivity index (χ4v) is 3.59. The number of amides is 1. The molecule has 0 spiro atoms. The zero-order chi connectivity index (χ0) is 17.9. The highest BCUT2D eigenvalue weighted by Gasteiger charge is 2.36. The van der Waals surface area contributed by atoms with E-state index in [1.165, 1.54) is 5.56 Å². The van der Waals surface area contributed by atoms with Gasteiger partial charge in [-0.1, -0.05) is 36.4 Å². The van der Waals surface area contributed by atoms with Gasteiger partial charge in [0, 0.05) is 31.4 Å². The minimum Gasteiger partial charge on any atom is -0.336 e. The number of aromatic nitrogens is 3. The molecule has 3 aromatic rings. The van der Waals surface area contributed by atoms with Crippen LogP contribution in [-0.4, -0.2) is 45.2 Å². The molecule has 2 atom stereocenters. The average molecular weight is 420 g/mol. The van der Waals surface area contributed by atoms with Crippen LogP contribution in [0.25, 0.3) is 5.82 Å². The third-order valence-corrected chi connectivity index (χ3v) is 4.95. The Balaban J connectivity index is 0.00000140. The summed E-state index contributed by atoms with van der Waals surface area (Å²) in [5.74, 6) is 1.10. The Morgan fingerprint density at radius 1 is 1.04 bits per heavy atom.